The maximum Gasteiger partial charge on any atom is 0.435 e. The molecule has 0 saturated carbocycles. The highest BCUT2D eigenvalue weighted by atomic mass is 19.4. The van der Waals surface area contributed by atoms with Gasteiger partial charge in [0.05, 0.1) is 17.3 Å². The van der Waals surface area contributed by atoms with Gasteiger partial charge in [-0.1, -0.05) is 12.1 Å². The van der Waals surface area contributed by atoms with E-state index in [1.165, 1.54) is 25.4 Å². The summed E-state index contributed by atoms with van der Waals surface area (Å²) >= 11 is 0. The van der Waals surface area contributed by atoms with Crippen molar-refractivity contribution in [3.63, 3.8) is 0 Å². The summed E-state index contributed by atoms with van der Waals surface area (Å²) in [6.45, 7) is -0.536. The molecule has 7 nitrogen and oxygen atoms in total. The number of fused-ring (bicyclic) bond motifs is 1. The van der Waals surface area contributed by atoms with E-state index >= 15 is 0 Å². The van der Waals surface area contributed by atoms with Gasteiger partial charge in [-0.15, -0.1) is 0 Å². The average Bonchev–Trinajstić information content (AvgIpc) is 3.56. The molecule has 4 aromatic rings. The van der Waals surface area contributed by atoms with Crippen molar-refractivity contribution in [2.45, 2.75) is 44.4 Å². The lowest BCUT2D eigenvalue weighted by Gasteiger charge is -2.22. The lowest BCUT2D eigenvalue weighted by molar-refractivity contribution is -0.142. The Balaban J connectivity index is 1.52. The van der Waals surface area contributed by atoms with Crippen molar-refractivity contribution >= 4 is 11.8 Å². The number of aromatic nitrogens is 3. The molecule has 13 heteroatoms. The number of nitrogens with zero attached hydrogens (tertiary/aromatic N) is 3. The Morgan fingerprint density at radius 2 is 1.77 bits per heavy atom. The lowest BCUT2D eigenvalue weighted by Crippen LogP contribution is -2.34. The van der Waals surface area contributed by atoms with E-state index < -0.39 is 53.7 Å². The quantitative estimate of drug-likeness (QED) is 0.268. The van der Waals surface area contributed by atoms with E-state index in [1.807, 2.05) is 0 Å². The van der Waals surface area contributed by atoms with Crippen LogP contribution in [0.5, 0.6) is 0 Å². The van der Waals surface area contributed by atoms with Crippen LogP contribution in [0.3, 0.4) is 0 Å². The maximum atomic E-state index is 14.4. The molecule has 0 spiro atoms. The number of hydrogen-bond acceptors (Lipinski definition) is 4. The fourth-order valence-corrected chi connectivity index (χ4v) is 5.37. The molecule has 1 aliphatic carbocycles. The molecule has 224 valence electrons. The second-order valence-electron chi connectivity index (χ2n) is 10.1. The van der Waals surface area contributed by atoms with Crippen LogP contribution in [0, 0.1) is 17.5 Å². The van der Waals surface area contributed by atoms with Crippen molar-refractivity contribution in [2.75, 3.05) is 7.05 Å². The Hall–Kier alpha value is -4.68. The van der Waals surface area contributed by atoms with Crippen LogP contribution in [0.1, 0.15) is 51.0 Å². The molecule has 0 unspecified atom stereocenters. The highest BCUT2D eigenvalue weighted by molar-refractivity contribution is 5.95. The summed E-state index contributed by atoms with van der Waals surface area (Å²) in [4.78, 5) is 30.0. The Labute approximate surface area is 241 Å². The fourth-order valence-electron chi connectivity index (χ4n) is 5.37. The van der Waals surface area contributed by atoms with Gasteiger partial charge in [0.15, 0.2) is 5.69 Å². The van der Waals surface area contributed by atoms with Gasteiger partial charge in [0, 0.05) is 36.1 Å². The smallest absolute Gasteiger partial charge is 0.355 e. The van der Waals surface area contributed by atoms with Crippen molar-refractivity contribution in [1.29, 1.82) is 0 Å². The second kappa shape index (κ2) is 11.9. The molecule has 1 aliphatic rings. The van der Waals surface area contributed by atoms with Crippen LogP contribution in [-0.2, 0) is 36.8 Å². The third kappa shape index (κ3) is 6.40. The van der Waals surface area contributed by atoms with Crippen molar-refractivity contribution in [3.05, 3.63) is 106 Å². The number of hydrogen-bond donors (Lipinski definition) is 2. The predicted octanol–water partition coefficient (Wildman–Crippen LogP) is 5.33. The first-order valence-electron chi connectivity index (χ1n) is 13.3. The molecule has 0 aliphatic heterocycles. The zero-order valence-electron chi connectivity index (χ0n) is 22.7. The molecule has 1 atom stereocenters. The second-order valence-corrected chi connectivity index (χ2v) is 10.1. The summed E-state index contributed by atoms with van der Waals surface area (Å²) in [5, 5.41) is 8.78. The molecule has 0 saturated heterocycles. The largest absolute Gasteiger partial charge is 0.435 e. The molecule has 0 radical (unpaired) electrons. The minimum Gasteiger partial charge on any atom is -0.355 e. The third-order valence-electron chi connectivity index (χ3n) is 7.18. The molecule has 0 bridgehead atoms. The highest BCUT2D eigenvalue weighted by Crippen LogP contribution is 2.36. The van der Waals surface area contributed by atoms with Gasteiger partial charge in [0.2, 0.25) is 5.91 Å². The minimum absolute atomic E-state index is 0.0716. The summed E-state index contributed by atoms with van der Waals surface area (Å²) in [6, 6.07) is 8.84. The van der Waals surface area contributed by atoms with Gasteiger partial charge in [-0.05, 0) is 67.1 Å². The number of pyridine rings is 1. The Morgan fingerprint density at radius 1 is 1.02 bits per heavy atom. The molecular weight excluding hydrogens is 576 g/mol. The highest BCUT2D eigenvalue weighted by Gasteiger charge is 2.40. The molecule has 5 rings (SSSR count). The molecular formula is C30H25F6N5O2. The van der Waals surface area contributed by atoms with Gasteiger partial charge in [0.1, 0.15) is 24.0 Å². The summed E-state index contributed by atoms with van der Waals surface area (Å²) in [5.74, 6) is -3.84. The van der Waals surface area contributed by atoms with Gasteiger partial charge < -0.3 is 10.6 Å². The topological polar surface area (TPSA) is 88.9 Å². The van der Waals surface area contributed by atoms with E-state index in [4.69, 9.17) is 0 Å². The van der Waals surface area contributed by atoms with Crippen molar-refractivity contribution in [3.8, 4) is 11.1 Å². The van der Waals surface area contributed by atoms with E-state index in [-0.39, 0.29) is 35.2 Å². The number of rotatable bonds is 8. The first-order valence-corrected chi connectivity index (χ1v) is 13.3. The monoisotopic (exact) mass is 601 g/mol. The Morgan fingerprint density at radius 3 is 2.47 bits per heavy atom. The van der Waals surface area contributed by atoms with Gasteiger partial charge in [-0.2, -0.15) is 18.3 Å². The Bertz CT molecular complexity index is 1680. The van der Waals surface area contributed by atoms with Crippen LogP contribution in [0.25, 0.3) is 11.1 Å². The average molecular weight is 602 g/mol. The molecule has 43 heavy (non-hydrogen) atoms. The summed E-state index contributed by atoms with van der Waals surface area (Å²) in [5.41, 5.74) is 0.285. The Kier molecular flexibility index (Phi) is 8.25. The molecule has 2 aromatic heterocycles. The van der Waals surface area contributed by atoms with E-state index in [9.17, 15) is 35.9 Å². The van der Waals surface area contributed by atoms with Gasteiger partial charge >= 0.3 is 6.18 Å². The molecule has 2 amide bonds. The van der Waals surface area contributed by atoms with Gasteiger partial charge in [-0.3, -0.25) is 19.3 Å². The first kappa shape index (κ1) is 29.8. The van der Waals surface area contributed by atoms with E-state index in [0.717, 1.165) is 22.9 Å². The standard InChI is InChI=1S/C30H25F6N5O2/c1-37-29(43)22-13-17(7-8-23(22)33)20-5-3-9-38-27(20)24(12-16-10-18(31)14-19(32)11-16)39-26(42)15-41-25-6-2-4-21(25)28(40-41)30(34,35)36/h3,5,7-11,13-14,24H,2,4,6,12,15H2,1H3,(H,37,43)(H,39,42)/t24-/m0/s1. The minimum atomic E-state index is -4.67. The summed E-state index contributed by atoms with van der Waals surface area (Å²) in [7, 11) is 1.35. The fraction of sp³-hybridized carbons (Fsp3) is 0.267. The van der Waals surface area contributed by atoms with E-state index in [1.54, 1.807) is 12.1 Å². The normalized spacial score (nSPS) is 13.5. The first-order chi connectivity index (χ1) is 20.4. The number of benzene rings is 2. The third-order valence-corrected chi connectivity index (χ3v) is 7.18. The summed E-state index contributed by atoms with van der Waals surface area (Å²) in [6.07, 6.45) is -2.38. The number of alkyl halides is 3. The summed E-state index contributed by atoms with van der Waals surface area (Å²) < 4.78 is 84.3. The zero-order chi connectivity index (χ0) is 30.9. The van der Waals surface area contributed by atoms with Crippen molar-refractivity contribution < 1.29 is 35.9 Å². The molecule has 0 fully saturated rings. The molecule has 2 aromatic carbocycles. The number of carbonyl (C=O) groups is 2. The van der Waals surface area contributed by atoms with Gasteiger partial charge in [-0.25, -0.2) is 13.2 Å². The SMILES string of the molecule is CNC(=O)c1cc(-c2cccnc2[C@H](Cc2cc(F)cc(F)c2)NC(=O)Cn2nc(C(F)(F)F)c3c2CCC3)ccc1F. The lowest BCUT2D eigenvalue weighted by atomic mass is 9.94. The van der Waals surface area contributed by atoms with E-state index in [0.29, 0.717) is 35.7 Å². The number of halogens is 6. The van der Waals surface area contributed by atoms with Crippen LogP contribution in [0.15, 0.2) is 54.7 Å². The number of amides is 2. The van der Waals surface area contributed by atoms with Crippen LogP contribution >= 0.6 is 0 Å². The van der Waals surface area contributed by atoms with Crippen LogP contribution in [-0.4, -0.2) is 33.6 Å². The number of nitrogens with one attached hydrogen (secondary N) is 2. The predicted molar refractivity (Wildman–Crippen MR) is 143 cm³/mol. The van der Waals surface area contributed by atoms with Gasteiger partial charge in [0.25, 0.3) is 5.91 Å². The maximum absolute atomic E-state index is 14.4. The van der Waals surface area contributed by atoms with Crippen LogP contribution in [0.2, 0.25) is 0 Å². The van der Waals surface area contributed by atoms with Crippen LogP contribution in [0.4, 0.5) is 26.3 Å². The number of carbonyl (C=O) groups excluding carboxylic acids is 2. The van der Waals surface area contributed by atoms with Crippen LogP contribution < -0.4 is 10.6 Å². The van der Waals surface area contributed by atoms with E-state index in [2.05, 4.69) is 20.7 Å². The molecule has 2 heterocycles. The van der Waals surface area contributed by atoms with Crippen molar-refractivity contribution in [2.24, 2.45) is 0 Å². The van der Waals surface area contributed by atoms with Crippen molar-refractivity contribution in [1.82, 2.24) is 25.4 Å². The zero-order valence-corrected chi connectivity index (χ0v) is 22.7. The molecule has 2 N–H and O–H groups in total.